The molecule has 2 nitrogen and oxygen atoms in total. The number of benzene rings is 1. The number of piperidine rings is 1. The summed E-state index contributed by atoms with van der Waals surface area (Å²) in [5.41, 5.74) is 2.57. The van der Waals surface area contributed by atoms with Crippen molar-refractivity contribution in [2.45, 2.75) is 40.2 Å². The first-order chi connectivity index (χ1) is 9.58. The van der Waals surface area contributed by atoms with Crippen LogP contribution >= 0.6 is 11.6 Å². The molecule has 1 aromatic rings. The fourth-order valence-electron chi connectivity index (χ4n) is 2.78. The molecule has 0 aromatic heterocycles. The van der Waals surface area contributed by atoms with Crippen molar-refractivity contribution in [3.63, 3.8) is 0 Å². The van der Waals surface area contributed by atoms with Gasteiger partial charge in [-0.3, -0.25) is 0 Å². The summed E-state index contributed by atoms with van der Waals surface area (Å²) in [6.07, 6.45) is 2.54. The quantitative estimate of drug-likeness (QED) is 0.870. The zero-order valence-corrected chi connectivity index (χ0v) is 13.7. The number of nitrogens with zero attached hydrogens (tertiary/aromatic N) is 1. The summed E-state index contributed by atoms with van der Waals surface area (Å²) in [4.78, 5) is 2.47. The van der Waals surface area contributed by atoms with E-state index in [0.29, 0.717) is 5.92 Å². The van der Waals surface area contributed by atoms with Crippen LogP contribution in [-0.4, -0.2) is 19.6 Å². The Bertz CT molecular complexity index is 423. The molecule has 0 bridgehead atoms. The number of hydrogen-bond donors (Lipinski definition) is 1. The van der Waals surface area contributed by atoms with Gasteiger partial charge in [-0.2, -0.15) is 0 Å². The average Bonchev–Trinajstić information content (AvgIpc) is 2.40. The molecule has 0 atom stereocenters. The number of halogens is 1. The standard InChI is InChI=1S/C17H27ClN2/c1-13(2)11-19-12-15-5-4-6-16(18)17(15)20-9-7-14(3)8-10-20/h4-6,13-14,19H,7-12H2,1-3H3. The Morgan fingerprint density at radius 2 is 2.00 bits per heavy atom. The van der Waals surface area contributed by atoms with Crippen LogP contribution < -0.4 is 10.2 Å². The molecule has 1 aromatic carbocycles. The van der Waals surface area contributed by atoms with E-state index in [1.807, 2.05) is 6.07 Å². The van der Waals surface area contributed by atoms with Gasteiger partial charge in [0.2, 0.25) is 0 Å². The lowest BCUT2D eigenvalue weighted by atomic mass is 9.98. The molecule has 0 amide bonds. The minimum Gasteiger partial charge on any atom is -0.370 e. The molecule has 0 radical (unpaired) electrons. The Labute approximate surface area is 128 Å². The molecular weight excluding hydrogens is 268 g/mol. The molecule has 1 aliphatic heterocycles. The van der Waals surface area contributed by atoms with Crippen molar-refractivity contribution in [3.05, 3.63) is 28.8 Å². The van der Waals surface area contributed by atoms with Gasteiger partial charge in [-0.25, -0.2) is 0 Å². The Hall–Kier alpha value is -0.730. The van der Waals surface area contributed by atoms with Crippen molar-refractivity contribution in [1.29, 1.82) is 0 Å². The van der Waals surface area contributed by atoms with E-state index >= 15 is 0 Å². The first-order valence-electron chi connectivity index (χ1n) is 7.81. The van der Waals surface area contributed by atoms with Gasteiger partial charge in [0.25, 0.3) is 0 Å². The Morgan fingerprint density at radius 1 is 1.30 bits per heavy atom. The third-order valence-electron chi connectivity index (χ3n) is 4.04. The van der Waals surface area contributed by atoms with Crippen molar-refractivity contribution in [2.24, 2.45) is 11.8 Å². The molecule has 1 heterocycles. The second-order valence-corrected chi connectivity index (χ2v) is 6.85. The van der Waals surface area contributed by atoms with Gasteiger partial charge in [0.1, 0.15) is 0 Å². The minimum atomic E-state index is 0.675. The summed E-state index contributed by atoms with van der Waals surface area (Å²) in [5.74, 6) is 1.52. The number of para-hydroxylation sites is 1. The summed E-state index contributed by atoms with van der Waals surface area (Å²) < 4.78 is 0. The van der Waals surface area contributed by atoms with E-state index in [-0.39, 0.29) is 0 Å². The van der Waals surface area contributed by atoms with Gasteiger partial charge < -0.3 is 10.2 Å². The summed E-state index contributed by atoms with van der Waals surface area (Å²) >= 11 is 6.47. The molecule has 0 saturated carbocycles. The molecule has 1 saturated heterocycles. The van der Waals surface area contributed by atoms with Crippen LogP contribution in [0.2, 0.25) is 5.02 Å². The van der Waals surface area contributed by atoms with Gasteiger partial charge >= 0.3 is 0 Å². The van der Waals surface area contributed by atoms with Crippen LogP contribution in [0.1, 0.15) is 39.2 Å². The van der Waals surface area contributed by atoms with E-state index < -0.39 is 0 Å². The Balaban J connectivity index is 2.09. The lowest BCUT2D eigenvalue weighted by Gasteiger charge is -2.34. The van der Waals surface area contributed by atoms with Crippen molar-refractivity contribution in [3.8, 4) is 0 Å². The van der Waals surface area contributed by atoms with Crippen LogP contribution in [0.15, 0.2) is 18.2 Å². The molecular formula is C17H27ClN2. The van der Waals surface area contributed by atoms with Gasteiger partial charge in [-0.1, -0.05) is 44.5 Å². The molecule has 1 N–H and O–H groups in total. The molecule has 20 heavy (non-hydrogen) atoms. The number of anilines is 1. The van der Waals surface area contributed by atoms with Crippen molar-refractivity contribution < 1.29 is 0 Å². The van der Waals surface area contributed by atoms with Crippen LogP contribution in [0.4, 0.5) is 5.69 Å². The van der Waals surface area contributed by atoms with Crippen LogP contribution in [0.5, 0.6) is 0 Å². The Kier molecular flexibility index (Phi) is 5.74. The van der Waals surface area contributed by atoms with Crippen molar-refractivity contribution >= 4 is 17.3 Å². The first kappa shape index (κ1) is 15.7. The van der Waals surface area contributed by atoms with E-state index in [0.717, 1.165) is 37.1 Å². The topological polar surface area (TPSA) is 15.3 Å². The van der Waals surface area contributed by atoms with E-state index in [1.54, 1.807) is 0 Å². The van der Waals surface area contributed by atoms with Gasteiger partial charge in [0.05, 0.1) is 10.7 Å². The maximum Gasteiger partial charge on any atom is 0.0642 e. The maximum absolute atomic E-state index is 6.47. The molecule has 3 heteroatoms. The Morgan fingerprint density at radius 3 is 2.65 bits per heavy atom. The number of rotatable bonds is 5. The molecule has 0 spiro atoms. The number of hydrogen-bond acceptors (Lipinski definition) is 2. The summed E-state index contributed by atoms with van der Waals surface area (Å²) in [6.45, 7) is 11.0. The van der Waals surface area contributed by atoms with Crippen molar-refractivity contribution in [2.75, 3.05) is 24.5 Å². The van der Waals surface area contributed by atoms with Crippen molar-refractivity contribution in [1.82, 2.24) is 5.32 Å². The molecule has 112 valence electrons. The second-order valence-electron chi connectivity index (χ2n) is 6.44. The zero-order chi connectivity index (χ0) is 14.5. The fourth-order valence-corrected chi connectivity index (χ4v) is 3.10. The predicted octanol–water partition coefficient (Wildman–Crippen LogP) is 4.32. The SMILES string of the molecule is CC(C)CNCc1cccc(Cl)c1N1CCC(C)CC1. The number of nitrogens with one attached hydrogen (secondary N) is 1. The highest BCUT2D eigenvalue weighted by atomic mass is 35.5. The van der Waals surface area contributed by atoms with Gasteiger partial charge in [-0.15, -0.1) is 0 Å². The van der Waals surface area contributed by atoms with E-state index in [1.165, 1.54) is 24.1 Å². The average molecular weight is 295 g/mol. The highest BCUT2D eigenvalue weighted by Gasteiger charge is 2.20. The highest BCUT2D eigenvalue weighted by Crippen LogP contribution is 2.33. The van der Waals surface area contributed by atoms with E-state index in [4.69, 9.17) is 11.6 Å². The monoisotopic (exact) mass is 294 g/mol. The molecule has 2 rings (SSSR count). The van der Waals surface area contributed by atoms with Gasteiger partial charge in [-0.05, 0) is 42.9 Å². The summed E-state index contributed by atoms with van der Waals surface area (Å²) in [5, 5.41) is 4.42. The third kappa shape index (κ3) is 4.13. The molecule has 0 aliphatic carbocycles. The lowest BCUT2D eigenvalue weighted by Crippen LogP contribution is -2.34. The second kappa shape index (κ2) is 7.33. The first-order valence-corrected chi connectivity index (χ1v) is 8.18. The largest absolute Gasteiger partial charge is 0.370 e. The highest BCUT2D eigenvalue weighted by molar-refractivity contribution is 6.33. The summed E-state index contributed by atoms with van der Waals surface area (Å²) in [7, 11) is 0. The van der Waals surface area contributed by atoms with E-state index in [9.17, 15) is 0 Å². The van der Waals surface area contributed by atoms with Crippen LogP contribution in [-0.2, 0) is 6.54 Å². The molecule has 1 aliphatic rings. The van der Waals surface area contributed by atoms with Gasteiger partial charge in [0, 0.05) is 19.6 Å². The van der Waals surface area contributed by atoms with Gasteiger partial charge in [0.15, 0.2) is 0 Å². The third-order valence-corrected chi connectivity index (χ3v) is 4.34. The lowest BCUT2D eigenvalue weighted by molar-refractivity contribution is 0.437. The molecule has 0 unspecified atom stereocenters. The zero-order valence-electron chi connectivity index (χ0n) is 13.0. The van der Waals surface area contributed by atoms with Crippen LogP contribution in [0, 0.1) is 11.8 Å². The maximum atomic E-state index is 6.47. The normalized spacial score (nSPS) is 16.9. The predicted molar refractivity (Wildman–Crippen MR) is 88.6 cm³/mol. The molecule has 1 fully saturated rings. The van der Waals surface area contributed by atoms with E-state index in [2.05, 4.69) is 43.1 Å². The van der Waals surface area contributed by atoms with Crippen LogP contribution in [0.3, 0.4) is 0 Å². The fraction of sp³-hybridized carbons (Fsp3) is 0.647. The van der Waals surface area contributed by atoms with Crippen LogP contribution in [0.25, 0.3) is 0 Å². The smallest absolute Gasteiger partial charge is 0.0642 e. The minimum absolute atomic E-state index is 0.675. The summed E-state index contributed by atoms with van der Waals surface area (Å²) in [6, 6.07) is 6.28.